The fourth-order valence-corrected chi connectivity index (χ4v) is 1.48. The van der Waals surface area contributed by atoms with Crippen LogP contribution >= 0.6 is 0 Å². The molecule has 4 N–H and O–H groups in total. The van der Waals surface area contributed by atoms with E-state index in [4.69, 9.17) is 11.1 Å². The van der Waals surface area contributed by atoms with E-state index < -0.39 is 5.41 Å². The zero-order valence-electron chi connectivity index (χ0n) is 8.83. The average molecular weight is 202 g/mol. The topological polar surface area (TPSA) is 78.6 Å². The van der Waals surface area contributed by atoms with E-state index in [2.05, 4.69) is 10.2 Å². The van der Waals surface area contributed by atoms with Crippen molar-refractivity contribution < 1.29 is 0 Å². The highest BCUT2D eigenvalue weighted by molar-refractivity contribution is 5.90. The van der Waals surface area contributed by atoms with Gasteiger partial charge in [-0.25, -0.2) is 0 Å². The lowest BCUT2D eigenvalue weighted by molar-refractivity contribution is 0.705. The first kappa shape index (κ1) is 9.71. The van der Waals surface area contributed by atoms with Gasteiger partial charge in [0.25, 0.3) is 0 Å². The van der Waals surface area contributed by atoms with Crippen LogP contribution in [0.5, 0.6) is 0 Å². The minimum Gasteiger partial charge on any atom is -0.387 e. The molecule has 1 aromatic carbocycles. The monoisotopic (exact) mass is 202 g/mol. The third-order valence-corrected chi connectivity index (χ3v) is 2.84. The summed E-state index contributed by atoms with van der Waals surface area (Å²) in [4.78, 5) is 0. The van der Waals surface area contributed by atoms with E-state index in [1.165, 1.54) is 0 Å². The molecule has 2 aromatic rings. The summed E-state index contributed by atoms with van der Waals surface area (Å²) in [6, 6.07) is 5.96. The van der Waals surface area contributed by atoms with Crippen molar-refractivity contribution >= 4 is 16.7 Å². The van der Waals surface area contributed by atoms with Crippen LogP contribution < -0.4 is 5.73 Å². The molecule has 1 heterocycles. The maximum Gasteiger partial charge on any atom is 0.101 e. The number of nitrogens with one attached hydrogen (secondary N) is 2. The van der Waals surface area contributed by atoms with Crippen LogP contribution in [0, 0.1) is 5.41 Å². The number of aromatic nitrogens is 2. The average Bonchev–Trinajstić information content (AvgIpc) is 2.63. The number of aromatic amines is 1. The number of H-pyrrole nitrogens is 1. The Hall–Kier alpha value is -1.84. The number of hydrogen-bond donors (Lipinski definition) is 3. The number of rotatable bonds is 2. The van der Waals surface area contributed by atoms with Crippen molar-refractivity contribution in [3.05, 3.63) is 30.0 Å². The lowest BCUT2D eigenvalue weighted by Gasteiger charge is -2.23. The zero-order chi connectivity index (χ0) is 11.1. The number of hydrogen-bond acceptors (Lipinski definition) is 2. The van der Waals surface area contributed by atoms with Gasteiger partial charge in [0.15, 0.2) is 0 Å². The Morgan fingerprint density at radius 2 is 2.20 bits per heavy atom. The number of nitrogens with two attached hydrogens (primary N) is 1. The predicted octanol–water partition coefficient (Wildman–Crippen LogP) is 1.78. The molecule has 15 heavy (non-hydrogen) atoms. The van der Waals surface area contributed by atoms with Crippen LogP contribution in [0.15, 0.2) is 24.4 Å². The van der Waals surface area contributed by atoms with Gasteiger partial charge in [0.2, 0.25) is 0 Å². The second-order valence-electron chi connectivity index (χ2n) is 4.21. The first-order valence-corrected chi connectivity index (χ1v) is 4.80. The third kappa shape index (κ3) is 1.48. The Morgan fingerprint density at radius 3 is 2.87 bits per heavy atom. The van der Waals surface area contributed by atoms with Crippen molar-refractivity contribution in [1.29, 1.82) is 5.41 Å². The van der Waals surface area contributed by atoms with Gasteiger partial charge in [0.1, 0.15) is 5.84 Å². The second kappa shape index (κ2) is 3.08. The van der Waals surface area contributed by atoms with Gasteiger partial charge in [0.05, 0.1) is 11.7 Å². The third-order valence-electron chi connectivity index (χ3n) is 2.84. The summed E-state index contributed by atoms with van der Waals surface area (Å²) in [6.45, 7) is 3.87. The normalized spacial score (nSPS) is 11.9. The molecule has 78 valence electrons. The molecule has 0 saturated heterocycles. The van der Waals surface area contributed by atoms with Crippen LogP contribution in [0.2, 0.25) is 0 Å². The number of benzene rings is 1. The van der Waals surface area contributed by atoms with Crippen molar-refractivity contribution in [2.45, 2.75) is 19.3 Å². The summed E-state index contributed by atoms with van der Waals surface area (Å²) in [5.74, 6) is 0.168. The van der Waals surface area contributed by atoms with Crippen molar-refractivity contribution in [3.63, 3.8) is 0 Å². The van der Waals surface area contributed by atoms with Gasteiger partial charge >= 0.3 is 0 Å². The Labute approximate surface area is 88.0 Å². The largest absolute Gasteiger partial charge is 0.387 e. The highest BCUT2D eigenvalue weighted by atomic mass is 15.1. The van der Waals surface area contributed by atoms with E-state index in [-0.39, 0.29) is 5.84 Å². The van der Waals surface area contributed by atoms with Crippen molar-refractivity contribution in [3.8, 4) is 0 Å². The number of fused-ring (bicyclic) bond motifs is 1. The Bertz CT molecular complexity index is 510. The number of amidine groups is 1. The van der Waals surface area contributed by atoms with E-state index >= 15 is 0 Å². The molecule has 0 aliphatic rings. The van der Waals surface area contributed by atoms with Gasteiger partial charge in [-0.3, -0.25) is 10.5 Å². The molecule has 4 heteroatoms. The van der Waals surface area contributed by atoms with Crippen molar-refractivity contribution in [1.82, 2.24) is 10.2 Å². The maximum absolute atomic E-state index is 7.56. The molecule has 0 aliphatic carbocycles. The molecule has 0 saturated carbocycles. The lowest BCUT2D eigenvalue weighted by Crippen LogP contribution is -2.34. The molecule has 0 radical (unpaired) electrons. The van der Waals surface area contributed by atoms with Gasteiger partial charge in [-0.15, -0.1) is 0 Å². The molecular weight excluding hydrogens is 188 g/mol. The van der Waals surface area contributed by atoms with Crippen molar-refractivity contribution in [2.75, 3.05) is 0 Å². The van der Waals surface area contributed by atoms with Crippen LogP contribution in [0.1, 0.15) is 19.4 Å². The molecule has 0 bridgehead atoms. The molecule has 1 aromatic heterocycles. The lowest BCUT2D eigenvalue weighted by atomic mass is 9.83. The fourth-order valence-electron chi connectivity index (χ4n) is 1.48. The SMILES string of the molecule is CC(C)(C(=N)N)c1ccc2cn[nH]c2c1. The fraction of sp³-hybridized carbons (Fsp3) is 0.273. The zero-order valence-corrected chi connectivity index (χ0v) is 8.83. The second-order valence-corrected chi connectivity index (χ2v) is 4.21. The van der Waals surface area contributed by atoms with Crippen LogP contribution in [-0.2, 0) is 5.41 Å². The van der Waals surface area contributed by atoms with E-state index in [0.29, 0.717) is 0 Å². The predicted molar refractivity (Wildman–Crippen MR) is 61.0 cm³/mol. The van der Waals surface area contributed by atoms with Gasteiger partial charge in [0, 0.05) is 10.8 Å². The van der Waals surface area contributed by atoms with E-state index in [1.807, 2.05) is 32.0 Å². The molecular formula is C11H14N4. The standard InChI is InChI=1S/C11H14N4/c1-11(2,10(12)13)8-4-3-7-6-14-15-9(7)5-8/h3-6H,1-2H3,(H3,12,13)(H,14,15). The van der Waals surface area contributed by atoms with Gasteiger partial charge < -0.3 is 5.73 Å². The maximum atomic E-state index is 7.56. The summed E-state index contributed by atoms with van der Waals surface area (Å²) < 4.78 is 0. The molecule has 0 fully saturated rings. The minimum absolute atomic E-state index is 0.168. The smallest absolute Gasteiger partial charge is 0.101 e. The Morgan fingerprint density at radius 1 is 1.47 bits per heavy atom. The van der Waals surface area contributed by atoms with Gasteiger partial charge in [-0.1, -0.05) is 12.1 Å². The van der Waals surface area contributed by atoms with E-state index in [0.717, 1.165) is 16.5 Å². The van der Waals surface area contributed by atoms with Gasteiger partial charge in [-0.2, -0.15) is 5.10 Å². The van der Waals surface area contributed by atoms with Crippen LogP contribution in [0.3, 0.4) is 0 Å². The summed E-state index contributed by atoms with van der Waals surface area (Å²) >= 11 is 0. The number of nitrogens with zero attached hydrogens (tertiary/aromatic N) is 1. The summed E-state index contributed by atoms with van der Waals surface area (Å²) in [5.41, 5.74) is 7.14. The summed E-state index contributed by atoms with van der Waals surface area (Å²) in [7, 11) is 0. The van der Waals surface area contributed by atoms with Crippen molar-refractivity contribution in [2.24, 2.45) is 5.73 Å². The summed E-state index contributed by atoms with van der Waals surface area (Å²) in [5, 5.41) is 15.5. The van der Waals surface area contributed by atoms with Crippen LogP contribution in [0.25, 0.3) is 10.9 Å². The molecule has 4 nitrogen and oxygen atoms in total. The first-order valence-electron chi connectivity index (χ1n) is 4.80. The van der Waals surface area contributed by atoms with Gasteiger partial charge in [-0.05, 0) is 25.5 Å². The molecule has 0 atom stereocenters. The van der Waals surface area contributed by atoms with Crippen LogP contribution in [0.4, 0.5) is 0 Å². The minimum atomic E-state index is -0.431. The molecule has 0 unspecified atom stereocenters. The summed E-state index contributed by atoms with van der Waals surface area (Å²) in [6.07, 6.45) is 1.78. The first-order chi connectivity index (χ1) is 7.01. The highest BCUT2D eigenvalue weighted by Crippen LogP contribution is 2.25. The molecule has 0 aliphatic heterocycles. The van der Waals surface area contributed by atoms with E-state index in [9.17, 15) is 0 Å². The molecule has 0 amide bonds. The highest BCUT2D eigenvalue weighted by Gasteiger charge is 2.24. The Kier molecular flexibility index (Phi) is 2.00. The molecule has 0 spiro atoms. The van der Waals surface area contributed by atoms with E-state index in [1.54, 1.807) is 6.20 Å². The van der Waals surface area contributed by atoms with Crippen LogP contribution in [-0.4, -0.2) is 16.0 Å². The quantitative estimate of drug-likeness (QED) is 0.512. The Balaban J connectivity index is 2.57. The molecule has 2 rings (SSSR count).